The molecule has 6 rings (SSSR count). The lowest BCUT2D eigenvalue weighted by Gasteiger charge is -2.30. The Balaban J connectivity index is 1.31. The minimum absolute atomic E-state index is 0.215. The van der Waals surface area contributed by atoms with Crippen LogP contribution in [-0.4, -0.2) is 40.4 Å². The first-order valence-electron chi connectivity index (χ1n) is 13.2. The Morgan fingerprint density at radius 2 is 2.03 bits per heavy atom. The summed E-state index contributed by atoms with van der Waals surface area (Å²) >= 11 is 1.23. The first-order chi connectivity index (χ1) is 18.9. The number of amides is 4. The van der Waals surface area contributed by atoms with Gasteiger partial charge < -0.3 is 20.3 Å². The monoisotopic (exact) mass is 543 g/mol. The largest absolute Gasteiger partial charge is 0.490 e. The van der Waals surface area contributed by atoms with Crippen molar-refractivity contribution in [3.05, 3.63) is 65.5 Å². The third kappa shape index (κ3) is 4.65. The maximum absolute atomic E-state index is 13.5. The third-order valence-electron chi connectivity index (χ3n) is 7.35. The molecule has 3 aromatic rings. The molecule has 0 bridgehead atoms. The van der Waals surface area contributed by atoms with Crippen LogP contribution in [0.15, 0.2) is 55.0 Å². The summed E-state index contributed by atoms with van der Waals surface area (Å²) in [6, 6.07) is 7.23. The molecule has 0 atom stereocenters. The molecule has 1 aromatic carbocycles. The maximum Gasteiger partial charge on any atom is 0.331 e. The molecule has 39 heavy (non-hydrogen) atoms. The van der Waals surface area contributed by atoms with Crippen LogP contribution >= 0.6 is 11.3 Å². The molecule has 200 valence electrons. The lowest BCUT2D eigenvalue weighted by Crippen LogP contribution is -2.35. The summed E-state index contributed by atoms with van der Waals surface area (Å²) in [5.74, 6) is 0.241. The highest BCUT2D eigenvalue weighted by Gasteiger charge is 2.33. The van der Waals surface area contributed by atoms with E-state index in [1.165, 1.54) is 35.2 Å². The van der Waals surface area contributed by atoms with E-state index < -0.39 is 0 Å². The summed E-state index contributed by atoms with van der Waals surface area (Å²) in [6.07, 6.45) is 10.7. The predicted molar refractivity (Wildman–Crippen MR) is 152 cm³/mol. The number of pyridine rings is 1. The van der Waals surface area contributed by atoms with Crippen molar-refractivity contribution in [2.24, 2.45) is 0 Å². The Morgan fingerprint density at radius 3 is 2.79 bits per heavy atom. The Labute approximate surface area is 230 Å². The van der Waals surface area contributed by atoms with Gasteiger partial charge in [0.25, 0.3) is 5.91 Å². The van der Waals surface area contributed by atoms with Gasteiger partial charge in [0.15, 0.2) is 0 Å². The van der Waals surface area contributed by atoms with Crippen molar-refractivity contribution in [3.8, 4) is 5.75 Å². The molecule has 1 saturated carbocycles. The summed E-state index contributed by atoms with van der Waals surface area (Å²) in [5.41, 5.74) is 3.40. The second kappa shape index (κ2) is 10.2. The number of benzene rings is 1. The number of rotatable bonds is 6. The number of ether oxygens (including phenoxy) is 1. The van der Waals surface area contributed by atoms with Crippen LogP contribution in [0.25, 0.3) is 10.2 Å². The summed E-state index contributed by atoms with van der Waals surface area (Å²) in [5, 5.41) is 6.59. The van der Waals surface area contributed by atoms with Crippen LogP contribution in [0.2, 0.25) is 0 Å². The highest BCUT2D eigenvalue weighted by atomic mass is 32.1. The van der Waals surface area contributed by atoms with Gasteiger partial charge in [0.1, 0.15) is 15.5 Å². The molecule has 0 unspecified atom stereocenters. The van der Waals surface area contributed by atoms with E-state index in [1.54, 1.807) is 23.4 Å². The third-order valence-corrected chi connectivity index (χ3v) is 8.45. The van der Waals surface area contributed by atoms with Crippen LogP contribution in [0.4, 0.5) is 21.9 Å². The Morgan fingerprint density at radius 1 is 1.21 bits per heavy atom. The van der Waals surface area contributed by atoms with E-state index in [4.69, 9.17) is 4.74 Å². The number of allylic oxidation sites excluding steroid dienone is 1. The fraction of sp³-hybridized carbons (Fsp3) is 0.310. The molecule has 4 amide bonds. The molecule has 1 fully saturated rings. The number of aryl methyl sites for hydroxylation is 1. The van der Waals surface area contributed by atoms with Crippen molar-refractivity contribution in [2.45, 2.75) is 51.6 Å². The van der Waals surface area contributed by atoms with Crippen LogP contribution in [0.1, 0.15) is 53.8 Å². The van der Waals surface area contributed by atoms with Crippen LogP contribution in [0, 0.1) is 6.92 Å². The molecule has 10 heteroatoms. The number of carbonyl (C=O) groups is 3. The van der Waals surface area contributed by atoms with Gasteiger partial charge in [-0.15, -0.1) is 11.3 Å². The van der Waals surface area contributed by atoms with Crippen LogP contribution in [0.3, 0.4) is 0 Å². The highest BCUT2D eigenvalue weighted by Crippen LogP contribution is 2.46. The van der Waals surface area contributed by atoms with Crippen LogP contribution < -0.4 is 20.3 Å². The van der Waals surface area contributed by atoms with Crippen molar-refractivity contribution >= 4 is 56.5 Å². The van der Waals surface area contributed by atoms with E-state index in [1.807, 2.05) is 25.1 Å². The van der Waals surface area contributed by atoms with E-state index in [-0.39, 0.29) is 23.9 Å². The van der Waals surface area contributed by atoms with Crippen molar-refractivity contribution in [1.82, 2.24) is 15.2 Å². The molecule has 9 nitrogen and oxygen atoms in total. The van der Waals surface area contributed by atoms with Gasteiger partial charge in [0, 0.05) is 24.6 Å². The standard InChI is InChI=1S/C29H29N5O4S/c1-3-23(35)33-14-6-7-18(16-33)31-27(36)26-25-24-22(12-13-30-28(24)39-26)34(29(37)32-25)21-11-10-20(15-17(21)2)38-19-8-4-5-9-19/h3,10-13,15-16,19H,1,4-9,14H2,2H3,(H,31,36)(H,32,37). The van der Waals surface area contributed by atoms with E-state index in [0.29, 0.717) is 39.7 Å². The van der Waals surface area contributed by atoms with Gasteiger partial charge in [-0.3, -0.25) is 14.5 Å². The maximum atomic E-state index is 13.5. The number of carbonyl (C=O) groups excluding carboxylic acids is 3. The average molecular weight is 544 g/mol. The number of nitrogens with one attached hydrogen (secondary N) is 2. The van der Waals surface area contributed by atoms with Gasteiger partial charge in [0.2, 0.25) is 5.91 Å². The Hall–Kier alpha value is -4.18. The summed E-state index contributed by atoms with van der Waals surface area (Å²) < 4.78 is 6.15. The number of aromatic nitrogens is 1. The molecule has 2 aromatic heterocycles. The van der Waals surface area contributed by atoms with E-state index in [0.717, 1.165) is 41.6 Å². The number of hydrogen-bond donors (Lipinski definition) is 2. The molecular formula is C29H29N5O4S. The lowest BCUT2D eigenvalue weighted by molar-refractivity contribution is -0.123. The van der Waals surface area contributed by atoms with Crippen molar-refractivity contribution < 1.29 is 19.1 Å². The van der Waals surface area contributed by atoms with Crippen molar-refractivity contribution in [3.63, 3.8) is 0 Å². The smallest absolute Gasteiger partial charge is 0.331 e. The number of anilines is 3. The van der Waals surface area contributed by atoms with Gasteiger partial charge in [-0.25, -0.2) is 9.78 Å². The summed E-state index contributed by atoms with van der Waals surface area (Å²) in [6.45, 7) is 6.07. The van der Waals surface area contributed by atoms with E-state index >= 15 is 0 Å². The topological polar surface area (TPSA) is 104 Å². The molecular weight excluding hydrogens is 514 g/mol. The van der Waals surface area contributed by atoms with Gasteiger partial charge in [-0.05, 0) is 81.4 Å². The lowest BCUT2D eigenvalue weighted by atomic mass is 10.1. The molecule has 0 saturated heterocycles. The number of urea groups is 1. The number of hydrogen-bond acceptors (Lipinski definition) is 6. The minimum atomic E-state index is -0.352. The molecule has 2 aliphatic heterocycles. The SMILES string of the molecule is C=CC(=O)N1C=C(NC(=O)c2sc3nccc4c3c2NC(=O)N4c2ccc(OC3CCCC3)cc2C)CCC1. The van der Waals surface area contributed by atoms with Crippen molar-refractivity contribution in [2.75, 3.05) is 16.8 Å². The molecule has 3 aliphatic rings. The fourth-order valence-corrected chi connectivity index (χ4v) is 6.49. The first-order valence-corrected chi connectivity index (χ1v) is 14.0. The second-order valence-corrected chi connectivity index (χ2v) is 11.0. The summed E-state index contributed by atoms with van der Waals surface area (Å²) in [7, 11) is 0. The molecule has 2 N–H and O–H groups in total. The Bertz CT molecular complexity index is 1540. The number of thiophene rings is 1. The molecule has 1 aliphatic carbocycles. The summed E-state index contributed by atoms with van der Waals surface area (Å²) in [4.78, 5) is 47.5. The van der Waals surface area contributed by atoms with Crippen molar-refractivity contribution in [1.29, 1.82) is 0 Å². The highest BCUT2D eigenvalue weighted by molar-refractivity contribution is 7.21. The second-order valence-electron chi connectivity index (χ2n) is 10.0. The minimum Gasteiger partial charge on any atom is -0.490 e. The molecule has 4 heterocycles. The Kier molecular flexibility index (Phi) is 6.56. The van der Waals surface area contributed by atoms with Crippen LogP contribution in [0.5, 0.6) is 5.75 Å². The van der Waals surface area contributed by atoms with E-state index in [2.05, 4.69) is 22.2 Å². The zero-order valence-electron chi connectivity index (χ0n) is 21.7. The fourth-order valence-electron chi connectivity index (χ4n) is 5.48. The molecule has 0 spiro atoms. The van der Waals surface area contributed by atoms with Gasteiger partial charge in [0.05, 0.1) is 28.6 Å². The van der Waals surface area contributed by atoms with Gasteiger partial charge in [-0.2, -0.15) is 0 Å². The number of nitrogens with zero attached hydrogens (tertiary/aromatic N) is 3. The first kappa shape index (κ1) is 25.1. The van der Waals surface area contributed by atoms with Gasteiger partial charge in [-0.1, -0.05) is 6.58 Å². The molecule has 0 radical (unpaired) electrons. The zero-order chi connectivity index (χ0) is 27.1. The normalized spacial score (nSPS) is 17.2. The zero-order valence-corrected chi connectivity index (χ0v) is 22.5. The predicted octanol–water partition coefficient (Wildman–Crippen LogP) is 5.99. The van der Waals surface area contributed by atoms with E-state index in [9.17, 15) is 14.4 Å². The average Bonchev–Trinajstić information content (AvgIpc) is 3.58. The van der Waals surface area contributed by atoms with Crippen LogP contribution in [-0.2, 0) is 4.79 Å². The quantitative estimate of drug-likeness (QED) is 0.372. The van der Waals surface area contributed by atoms with Gasteiger partial charge >= 0.3 is 6.03 Å².